The van der Waals surface area contributed by atoms with Crippen LogP contribution in [0.2, 0.25) is 0 Å². The first-order valence-electron chi connectivity index (χ1n) is 4.85. The lowest BCUT2D eigenvalue weighted by atomic mass is 10.4. The van der Waals surface area contributed by atoms with Gasteiger partial charge in [-0.15, -0.1) is 11.3 Å². The van der Waals surface area contributed by atoms with Crippen LogP contribution in [-0.2, 0) is 10.0 Å². The highest BCUT2D eigenvalue weighted by Crippen LogP contribution is 2.25. The van der Waals surface area contributed by atoms with Gasteiger partial charge in [0.1, 0.15) is 0 Å². The highest BCUT2D eigenvalue weighted by Gasteiger charge is 2.38. The van der Waals surface area contributed by atoms with E-state index in [1.54, 1.807) is 18.6 Å². The van der Waals surface area contributed by atoms with Gasteiger partial charge < -0.3 is 5.11 Å². The number of nitrogens with one attached hydrogen (secondary N) is 1. The number of alkyl halides is 3. The Hall–Kier alpha value is -0.640. The van der Waals surface area contributed by atoms with Crippen molar-refractivity contribution in [3.05, 3.63) is 15.8 Å². The minimum Gasteiger partial charge on any atom is -0.382 e. The highest BCUT2D eigenvalue weighted by atomic mass is 32.2. The monoisotopic (exact) mass is 303 g/mol. The summed E-state index contributed by atoms with van der Waals surface area (Å²) in [5, 5.41) is 8.72. The van der Waals surface area contributed by atoms with Crippen LogP contribution in [0.4, 0.5) is 13.2 Å². The summed E-state index contributed by atoms with van der Waals surface area (Å²) in [6.07, 6.45) is -7.56. The lowest BCUT2D eigenvalue weighted by Gasteiger charge is -2.15. The van der Waals surface area contributed by atoms with E-state index >= 15 is 0 Å². The molecule has 2 N–H and O–H groups in total. The zero-order valence-electron chi connectivity index (χ0n) is 9.58. The molecule has 0 aromatic carbocycles. The molecular weight excluding hydrogens is 291 g/mol. The van der Waals surface area contributed by atoms with Crippen molar-refractivity contribution in [1.29, 1.82) is 0 Å². The summed E-state index contributed by atoms with van der Waals surface area (Å²) in [5.74, 6) is 0. The molecule has 0 bridgehead atoms. The van der Waals surface area contributed by atoms with E-state index < -0.39 is 28.8 Å². The largest absolute Gasteiger partial charge is 0.415 e. The lowest BCUT2D eigenvalue weighted by molar-refractivity contribution is -0.200. The average molecular weight is 303 g/mol. The van der Waals surface area contributed by atoms with Crippen LogP contribution in [0.25, 0.3) is 0 Å². The molecule has 1 unspecified atom stereocenters. The second-order valence-electron chi connectivity index (χ2n) is 3.69. The van der Waals surface area contributed by atoms with E-state index in [4.69, 9.17) is 5.11 Å². The van der Waals surface area contributed by atoms with Gasteiger partial charge in [0.05, 0.1) is 4.90 Å². The van der Waals surface area contributed by atoms with Gasteiger partial charge in [-0.05, 0) is 19.9 Å². The highest BCUT2D eigenvalue weighted by molar-refractivity contribution is 7.89. The van der Waals surface area contributed by atoms with Crippen LogP contribution in [0.1, 0.15) is 9.75 Å². The average Bonchev–Trinajstić information content (AvgIpc) is 2.53. The Balaban J connectivity index is 2.81. The van der Waals surface area contributed by atoms with Crippen molar-refractivity contribution in [2.75, 3.05) is 6.54 Å². The van der Waals surface area contributed by atoms with Gasteiger partial charge in [-0.3, -0.25) is 0 Å². The maximum Gasteiger partial charge on any atom is 0.415 e. The molecule has 4 nitrogen and oxygen atoms in total. The van der Waals surface area contributed by atoms with Gasteiger partial charge in [0.25, 0.3) is 0 Å². The normalized spacial score (nSPS) is 14.8. The number of hydrogen-bond acceptors (Lipinski definition) is 4. The molecule has 1 rings (SSSR count). The SMILES string of the molecule is Cc1cc(S(=O)(=O)NCC(O)C(F)(F)F)c(C)s1. The lowest BCUT2D eigenvalue weighted by Crippen LogP contribution is -2.40. The quantitative estimate of drug-likeness (QED) is 0.887. The Kier molecular flexibility index (Phi) is 4.42. The van der Waals surface area contributed by atoms with E-state index in [9.17, 15) is 21.6 Å². The van der Waals surface area contributed by atoms with Crippen molar-refractivity contribution in [2.45, 2.75) is 31.0 Å². The van der Waals surface area contributed by atoms with Crippen molar-refractivity contribution in [3.8, 4) is 0 Å². The first-order valence-corrected chi connectivity index (χ1v) is 7.15. The number of thiophene rings is 1. The van der Waals surface area contributed by atoms with Crippen LogP contribution in [0.15, 0.2) is 11.0 Å². The molecule has 0 saturated heterocycles. The standard InChI is InChI=1S/C9H12F3NO3S2/c1-5-3-7(6(2)17-5)18(15,16)13-4-8(14)9(10,11)12/h3,8,13-14H,4H2,1-2H3. The molecule has 1 aromatic heterocycles. The fraction of sp³-hybridized carbons (Fsp3) is 0.556. The minimum atomic E-state index is -4.85. The molecule has 18 heavy (non-hydrogen) atoms. The van der Waals surface area contributed by atoms with Crippen molar-refractivity contribution in [2.24, 2.45) is 0 Å². The number of aliphatic hydroxyl groups is 1. The van der Waals surface area contributed by atoms with Gasteiger partial charge in [-0.2, -0.15) is 13.2 Å². The number of halogens is 3. The molecule has 0 amide bonds. The maximum atomic E-state index is 12.0. The Bertz CT molecular complexity index is 522. The van der Waals surface area contributed by atoms with E-state index in [2.05, 4.69) is 0 Å². The Morgan fingerprint density at radius 1 is 1.44 bits per heavy atom. The van der Waals surface area contributed by atoms with E-state index in [1.165, 1.54) is 17.4 Å². The Labute approximate surface area is 106 Å². The molecule has 0 aliphatic carbocycles. The second kappa shape index (κ2) is 5.16. The molecule has 0 aliphatic heterocycles. The third-order valence-electron chi connectivity index (χ3n) is 2.13. The van der Waals surface area contributed by atoms with Gasteiger partial charge in [-0.1, -0.05) is 0 Å². The maximum absolute atomic E-state index is 12.0. The fourth-order valence-electron chi connectivity index (χ4n) is 1.26. The number of sulfonamides is 1. The van der Waals surface area contributed by atoms with Crippen LogP contribution in [0.3, 0.4) is 0 Å². The van der Waals surface area contributed by atoms with Crippen LogP contribution in [0, 0.1) is 13.8 Å². The number of aryl methyl sites for hydroxylation is 2. The van der Waals surface area contributed by atoms with Crippen molar-refractivity contribution >= 4 is 21.4 Å². The van der Waals surface area contributed by atoms with Crippen molar-refractivity contribution in [3.63, 3.8) is 0 Å². The summed E-state index contributed by atoms with van der Waals surface area (Å²) >= 11 is 1.23. The third-order valence-corrected chi connectivity index (χ3v) is 4.77. The summed E-state index contributed by atoms with van der Waals surface area (Å²) < 4.78 is 61.3. The number of aliphatic hydroxyl groups excluding tert-OH is 1. The Morgan fingerprint density at radius 3 is 2.39 bits per heavy atom. The van der Waals surface area contributed by atoms with Gasteiger partial charge in [0.15, 0.2) is 6.10 Å². The third kappa shape index (κ3) is 3.67. The van der Waals surface area contributed by atoms with Crippen molar-refractivity contribution in [1.82, 2.24) is 4.72 Å². The van der Waals surface area contributed by atoms with Crippen molar-refractivity contribution < 1.29 is 26.7 Å². The summed E-state index contributed by atoms with van der Waals surface area (Å²) in [6.45, 7) is 2.16. The molecule has 1 atom stereocenters. The summed E-state index contributed by atoms with van der Waals surface area (Å²) in [5.41, 5.74) is 0. The molecule has 1 aromatic rings. The first-order chi connectivity index (χ1) is 8.04. The molecule has 9 heteroatoms. The molecule has 0 aliphatic rings. The molecule has 104 valence electrons. The van der Waals surface area contributed by atoms with E-state index in [-0.39, 0.29) is 4.90 Å². The predicted molar refractivity (Wildman–Crippen MR) is 61.0 cm³/mol. The van der Waals surface area contributed by atoms with Gasteiger partial charge in [0.2, 0.25) is 10.0 Å². The van der Waals surface area contributed by atoms with E-state index in [0.717, 1.165) is 4.88 Å². The second-order valence-corrected chi connectivity index (χ2v) is 6.88. The Morgan fingerprint density at radius 2 is 2.00 bits per heavy atom. The minimum absolute atomic E-state index is 0.0561. The summed E-state index contributed by atoms with van der Waals surface area (Å²) in [7, 11) is -4.03. The molecule has 0 fully saturated rings. The number of hydrogen-bond donors (Lipinski definition) is 2. The topological polar surface area (TPSA) is 66.4 Å². The van der Waals surface area contributed by atoms with Crippen LogP contribution in [0.5, 0.6) is 0 Å². The number of rotatable bonds is 4. The molecular formula is C9H12F3NO3S2. The first kappa shape index (κ1) is 15.4. The van der Waals surface area contributed by atoms with Gasteiger partial charge in [0, 0.05) is 16.3 Å². The zero-order chi connectivity index (χ0) is 14.1. The zero-order valence-corrected chi connectivity index (χ0v) is 11.2. The van der Waals surface area contributed by atoms with E-state index in [1.807, 2.05) is 0 Å². The molecule has 1 heterocycles. The molecule has 0 radical (unpaired) electrons. The van der Waals surface area contributed by atoms with Crippen LogP contribution in [-0.4, -0.2) is 32.3 Å². The smallest absolute Gasteiger partial charge is 0.382 e. The predicted octanol–water partition coefficient (Wildman–Crippen LogP) is 1.57. The van der Waals surface area contributed by atoms with Gasteiger partial charge in [-0.25, -0.2) is 13.1 Å². The molecule has 0 saturated carbocycles. The van der Waals surface area contributed by atoms with Gasteiger partial charge >= 0.3 is 6.18 Å². The van der Waals surface area contributed by atoms with Crippen LogP contribution >= 0.6 is 11.3 Å². The molecule has 0 spiro atoms. The fourth-order valence-corrected chi connectivity index (χ4v) is 3.85. The van der Waals surface area contributed by atoms with Crippen LogP contribution < -0.4 is 4.72 Å². The van der Waals surface area contributed by atoms with E-state index in [0.29, 0.717) is 4.88 Å². The summed E-state index contributed by atoms with van der Waals surface area (Å²) in [4.78, 5) is 1.17. The summed E-state index contributed by atoms with van der Waals surface area (Å²) in [6, 6.07) is 1.38.